The third kappa shape index (κ3) is 4.06. The van der Waals surface area contributed by atoms with Crippen LogP contribution in [-0.2, 0) is 4.79 Å². The summed E-state index contributed by atoms with van der Waals surface area (Å²) in [4.78, 5) is 16.9. The largest absolute Gasteiger partial charge is 0.324 e. The number of thioether (sulfide) groups is 1. The molecule has 2 aromatic carbocycles. The molecule has 0 aliphatic heterocycles. The number of fused-ring (bicyclic) bond motifs is 1. The molecule has 0 aliphatic carbocycles. The first-order chi connectivity index (χ1) is 12.5. The molecule has 0 radical (unpaired) electrons. The summed E-state index contributed by atoms with van der Waals surface area (Å²) in [5.74, 6) is 0.0365. The van der Waals surface area contributed by atoms with Crippen molar-refractivity contribution in [1.29, 1.82) is 5.26 Å². The van der Waals surface area contributed by atoms with E-state index in [1.807, 2.05) is 56.3 Å². The molecule has 1 aromatic heterocycles. The Kier molecular flexibility index (Phi) is 5.60. The Balaban J connectivity index is 1.77. The van der Waals surface area contributed by atoms with Gasteiger partial charge in [-0.05, 0) is 59.1 Å². The van der Waals surface area contributed by atoms with Gasteiger partial charge in [-0.25, -0.2) is 4.98 Å². The van der Waals surface area contributed by atoms with Crippen LogP contribution in [0.15, 0.2) is 52.0 Å². The molecule has 0 spiro atoms. The fraction of sp³-hybridized carbons (Fsp3) is 0.150. The Labute approximate surface area is 164 Å². The summed E-state index contributed by atoms with van der Waals surface area (Å²) in [6.45, 7) is 3.97. The van der Waals surface area contributed by atoms with E-state index in [9.17, 15) is 10.1 Å². The lowest BCUT2D eigenvalue weighted by molar-refractivity contribution is -0.113. The Morgan fingerprint density at radius 2 is 2.08 bits per heavy atom. The number of pyridine rings is 1. The number of aryl methyl sites for hydroxylation is 2. The van der Waals surface area contributed by atoms with Crippen LogP contribution in [-0.4, -0.2) is 16.6 Å². The van der Waals surface area contributed by atoms with Crippen molar-refractivity contribution in [1.82, 2.24) is 4.98 Å². The molecule has 3 rings (SSSR count). The van der Waals surface area contributed by atoms with Gasteiger partial charge in [-0.15, -0.1) is 0 Å². The van der Waals surface area contributed by atoms with Crippen LogP contribution in [0.2, 0.25) is 0 Å². The minimum atomic E-state index is -0.143. The first-order valence-electron chi connectivity index (χ1n) is 7.97. The number of benzene rings is 2. The van der Waals surface area contributed by atoms with Crippen molar-refractivity contribution in [3.63, 3.8) is 0 Å². The van der Waals surface area contributed by atoms with E-state index >= 15 is 0 Å². The lowest BCUT2D eigenvalue weighted by Gasteiger charge is -2.09. The topological polar surface area (TPSA) is 65.8 Å². The van der Waals surface area contributed by atoms with E-state index in [0.717, 1.165) is 32.2 Å². The number of hydrogen-bond acceptors (Lipinski definition) is 4. The number of aromatic nitrogens is 1. The second kappa shape index (κ2) is 7.90. The maximum atomic E-state index is 12.3. The number of nitrogens with one attached hydrogen (secondary N) is 1. The van der Waals surface area contributed by atoms with Gasteiger partial charge in [-0.2, -0.15) is 5.26 Å². The maximum absolute atomic E-state index is 12.3. The van der Waals surface area contributed by atoms with E-state index < -0.39 is 0 Å². The van der Waals surface area contributed by atoms with Crippen molar-refractivity contribution in [2.45, 2.75) is 18.9 Å². The average molecular weight is 426 g/mol. The molecule has 0 aliphatic rings. The number of hydrogen-bond donors (Lipinski definition) is 1. The molecular weight excluding hydrogens is 410 g/mol. The predicted molar refractivity (Wildman–Crippen MR) is 109 cm³/mol. The van der Waals surface area contributed by atoms with Gasteiger partial charge in [0, 0.05) is 9.86 Å². The van der Waals surface area contributed by atoms with Crippen molar-refractivity contribution in [3.8, 4) is 6.07 Å². The van der Waals surface area contributed by atoms with Crippen LogP contribution >= 0.6 is 27.7 Å². The van der Waals surface area contributed by atoms with Gasteiger partial charge in [-0.3, -0.25) is 4.79 Å². The Hall–Kier alpha value is -2.36. The van der Waals surface area contributed by atoms with Gasteiger partial charge < -0.3 is 5.32 Å². The molecule has 1 amide bonds. The van der Waals surface area contributed by atoms with Crippen molar-refractivity contribution in [2.24, 2.45) is 0 Å². The lowest BCUT2D eigenvalue weighted by atomic mass is 10.1. The van der Waals surface area contributed by atoms with Crippen LogP contribution in [0.4, 0.5) is 5.69 Å². The van der Waals surface area contributed by atoms with Crippen LogP contribution in [0.25, 0.3) is 10.9 Å². The van der Waals surface area contributed by atoms with Gasteiger partial charge in [0.1, 0.15) is 11.1 Å². The molecule has 0 saturated carbocycles. The van der Waals surface area contributed by atoms with Gasteiger partial charge in [0.15, 0.2) is 0 Å². The fourth-order valence-electron chi connectivity index (χ4n) is 2.56. The Bertz CT molecular complexity index is 1040. The number of nitrogens with zero attached hydrogens (tertiary/aromatic N) is 2. The lowest BCUT2D eigenvalue weighted by Crippen LogP contribution is -2.14. The summed E-state index contributed by atoms with van der Waals surface area (Å²) >= 11 is 4.72. The number of rotatable bonds is 4. The van der Waals surface area contributed by atoms with Gasteiger partial charge in [-0.1, -0.05) is 36.0 Å². The monoisotopic (exact) mass is 425 g/mol. The molecule has 4 nitrogen and oxygen atoms in total. The zero-order valence-corrected chi connectivity index (χ0v) is 16.7. The molecule has 1 heterocycles. The van der Waals surface area contributed by atoms with Crippen molar-refractivity contribution < 1.29 is 4.79 Å². The minimum absolute atomic E-state index is 0.143. The molecule has 0 saturated heterocycles. The number of para-hydroxylation sites is 1. The number of anilines is 1. The summed E-state index contributed by atoms with van der Waals surface area (Å²) in [5, 5.41) is 13.8. The summed E-state index contributed by atoms with van der Waals surface area (Å²) in [7, 11) is 0. The quantitative estimate of drug-likeness (QED) is 0.582. The zero-order valence-electron chi connectivity index (χ0n) is 14.3. The second-order valence-corrected chi connectivity index (χ2v) is 7.74. The molecular formula is C20H16BrN3OS. The molecule has 130 valence electrons. The van der Waals surface area contributed by atoms with Crippen LogP contribution in [0.5, 0.6) is 0 Å². The summed E-state index contributed by atoms with van der Waals surface area (Å²) in [5.41, 5.74) is 4.22. The first-order valence-corrected chi connectivity index (χ1v) is 9.75. The third-order valence-electron chi connectivity index (χ3n) is 3.87. The Morgan fingerprint density at radius 3 is 2.81 bits per heavy atom. The van der Waals surface area contributed by atoms with Crippen molar-refractivity contribution in [2.75, 3.05) is 11.1 Å². The highest BCUT2D eigenvalue weighted by Gasteiger charge is 2.12. The summed E-state index contributed by atoms with van der Waals surface area (Å²) < 4.78 is 0.841. The smallest absolute Gasteiger partial charge is 0.234 e. The summed E-state index contributed by atoms with van der Waals surface area (Å²) in [6.07, 6.45) is 0. The minimum Gasteiger partial charge on any atom is -0.324 e. The van der Waals surface area contributed by atoms with Crippen LogP contribution in [0, 0.1) is 25.2 Å². The van der Waals surface area contributed by atoms with Gasteiger partial charge in [0.2, 0.25) is 5.91 Å². The van der Waals surface area contributed by atoms with E-state index in [1.165, 1.54) is 11.8 Å². The number of halogens is 1. The van der Waals surface area contributed by atoms with E-state index in [0.29, 0.717) is 10.6 Å². The highest BCUT2D eigenvalue weighted by atomic mass is 79.9. The van der Waals surface area contributed by atoms with E-state index in [-0.39, 0.29) is 11.7 Å². The normalized spacial score (nSPS) is 10.5. The van der Waals surface area contributed by atoms with Crippen LogP contribution in [0.1, 0.15) is 16.7 Å². The van der Waals surface area contributed by atoms with Gasteiger partial charge in [0.05, 0.1) is 22.5 Å². The fourth-order valence-corrected chi connectivity index (χ4v) is 3.91. The molecule has 0 unspecified atom stereocenters. The maximum Gasteiger partial charge on any atom is 0.234 e. The second-order valence-electron chi connectivity index (χ2n) is 5.92. The molecule has 0 fully saturated rings. The standard InChI is InChI=1S/C20H16BrN3OS/c1-12-6-7-17(16(21)8-12)23-18(25)11-26-20-15(10-22)9-14-5-3-4-13(2)19(14)24-20/h3-9H,11H2,1-2H3,(H,23,25). The number of nitriles is 1. The van der Waals surface area contributed by atoms with Crippen LogP contribution in [0.3, 0.4) is 0 Å². The molecule has 3 aromatic rings. The van der Waals surface area contributed by atoms with E-state index in [1.54, 1.807) is 0 Å². The predicted octanol–water partition coefficient (Wildman–Crippen LogP) is 5.22. The van der Waals surface area contributed by atoms with E-state index in [4.69, 9.17) is 0 Å². The van der Waals surface area contributed by atoms with Crippen LogP contribution < -0.4 is 5.32 Å². The molecule has 6 heteroatoms. The molecule has 26 heavy (non-hydrogen) atoms. The van der Waals surface area contributed by atoms with Crippen molar-refractivity contribution >= 4 is 50.2 Å². The van der Waals surface area contributed by atoms with Crippen molar-refractivity contribution in [3.05, 3.63) is 63.6 Å². The zero-order chi connectivity index (χ0) is 18.7. The number of carbonyl (C=O) groups is 1. The van der Waals surface area contributed by atoms with Gasteiger partial charge >= 0.3 is 0 Å². The molecule has 1 N–H and O–H groups in total. The number of amides is 1. The molecule has 0 bridgehead atoms. The number of carbonyl (C=O) groups excluding carboxylic acids is 1. The highest BCUT2D eigenvalue weighted by molar-refractivity contribution is 9.10. The molecule has 0 atom stereocenters. The average Bonchev–Trinajstić information content (AvgIpc) is 2.62. The Morgan fingerprint density at radius 1 is 1.27 bits per heavy atom. The van der Waals surface area contributed by atoms with Gasteiger partial charge in [0.25, 0.3) is 0 Å². The third-order valence-corrected chi connectivity index (χ3v) is 5.52. The SMILES string of the molecule is Cc1ccc(NC(=O)CSc2nc3c(C)cccc3cc2C#N)c(Br)c1. The summed E-state index contributed by atoms with van der Waals surface area (Å²) in [6, 6.07) is 15.6. The highest BCUT2D eigenvalue weighted by Crippen LogP contribution is 2.27. The first kappa shape index (κ1) is 18.4. The van der Waals surface area contributed by atoms with E-state index in [2.05, 4.69) is 32.3 Å².